The zero-order chi connectivity index (χ0) is 31.9. The van der Waals surface area contributed by atoms with Crippen LogP contribution in [-0.2, 0) is 19.2 Å². The first kappa shape index (κ1) is 34.7. The Labute approximate surface area is 243 Å². The molecule has 1 aliphatic rings. The van der Waals surface area contributed by atoms with Crippen LogP contribution >= 0.6 is 0 Å². The van der Waals surface area contributed by atoms with Crippen molar-refractivity contribution < 1.29 is 49.7 Å². The van der Waals surface area contributed by atoms with Gasteiger partial charge in [-0.2, -0.15) is 0 Å². The average molecular weight is 593 g/mol. The molecule has 4 amide bonds. The van der Waals surface area contributed by atoms with Gasteiger partial charge in [0.05, 0.1) is 12.2 Å². The fraction of sp³-hybridized carbons (Fsp3) is 0.538. The Hall–Kier alpha value is -3.54. The second-order valence-electron chi connectivity index (χ2n) is 10.4. The maximum atomic E-state index is 13.4. The molecular weight excluding hydrogens is 553 g/mol. The summed E-state index contributed by atoms with van der Waals surface area (Å²) in [4.78, 5) is 52.6. The van der Waals surface area contributed by atoms with Gasteiger partial charge in [0.2, 0.25) is 23.6 Å². The van der Waals surface area contributed by atoms with Crippen LogP contribution in [0.5, 0.6) is 0 Å². The number of allylic oxidation sites excluding steroid dienone is 1. The van der Waals surface area contributed by atoms with Crippen molar-refractivity contribution in [3.8, 4) is 0 Å². The third-order valence-corrected chi connectivity index (χ3v) is 6.90. The number of amides is 4. The first-order valence-corrected chi connectivity index (χ1v) is 13.4. The van der Waals surface area contributed by atoms with E-state index < -0.39 is 79.3 Å². The van der Waals surface area contributed by atoms with Gasteiger partial charge in [-0.15, -0.1) is 0 Å². The number of hydrogen-bond acceptors (Lipinski definition) is 11. The minimum Gasteiger partial charge on any atom is -0.423 e. The molecule has 1 fully saturated rings. The lowest BCUT2D eigenvalue weighted by atomic mass is 9.79. The number of hydrogen-bond donors (Lipinski definition) is 10. The lowest BCUT2D eigenvalue weighted by Crippen LogP contribution is -2.61. The summed E-state index contributed by atoms with van der Waals surface area (Å²) in [6.45, 7) is 8.01. The number of nitrogens with two attached hydrogens (primary N) is 1. The van der Waals surface area contributed by atoms with Gasteiger partial charge in [0, 0.05) is 18.7 Å². The number of aliphatic hydroxyl groups is 4. The van der Waals surface area contributed by atoms with Crippen LogP contribution in [0.25, 0.3) is 0 Å². The Morgan fingerprint density at radius 3 is 2.14 bits per heavy atom. The first-order chi connectivity index (χ1) is 19.6. The quantitative estimate of drug-likeness (QED) is 0.0919. The highest BCUT2D eigenvalue weighted by molar-refractivity contribution is 6.58. The summed E-state index contributed by atoms with van der Waals surface area (Å²) in [7, 11) is -1.77. The monoisotopic (exact) mass is 593 g/mol. The molecule has 0 bridgehead atoms. The third-order valence-electron chi connectivity index (χ3n) is 6.90. The maximum absolute atomic E-state index is 13.4. The molecule has 11 N–H and O–H groups in total. The van der Waals surface area contributed by atoms with Crippen LogP contribution in [0, 0.1) is 0 Å². The highest BCUT2D eigenvalue weighted by Crippen LogP contribution is 2.22. The molecule has 1 aliphatic heterocycles. The van der Waals surface area contributed by atoms with E-state index in [1.807, 2.05) is 0 Å². The van der Waals surface area contributed by atoms with Gasteiger partial charge < -0.3 is 57.1 Å². The van der Waals surface area contributed by atoms with Gasteiger partial charge in [0.15, 0.2) is 0 Å². The van der Waals surface area contributed by atoms with Crippen LogP contribution in [0.4, 0.5) is 0 Å². The standard InChI is InChI=1S/C26H40BN5O10/c1-5-17(29-12(2)3)24(38)30-19(13(4)33)26(40)32-11-16(34)10-18(32)25(39)31-20(23(28)37)22(36)21(35)14-6-8-15(9-7-14)27(41)42/h6-9,13,16-22,29,33-36,41-42H,2,5,10-11H2,1,3-4H3,(H2,28,37)(H,30,38)(H,31,39)/t13-,16-,17+,18+,19+,20+,21+,22+/m1/s1. The minimum absolute atomic E-state index is 0.0718. The fourth-order valence-electron chi connectivity index (χ4n) is 4.60. The summed E-state index contributed by atoms with van der Waals surface area (Å²) in [5.74, 6) is -3.67. The molecule has 0 radical (unpaired) electrons. The number of nitrogens with zero attached hydrogens (tertiary/aromatic N) is 1. The second-order valence-corrected chi connectivity index (χ2v) is 10.4. The van der Waals surface area contributed by atoms with E-state index in [1.165, 1.54) is 31.2 Å². The molecule has 1 saturated heterocycles. The van der Waals surface area contributed by atoms with Gasteiger partial charge in [-0.25, -0.2) is 0 Å². The van der Waals surface area contributed by atoms with Gasteiger partial charge >= 0.3 is 7.12 Å². The first-order valence-electron chi connectivity index (χ1n) is 13.4. The molecule has 0 aliphatic carbocycles. The number of primary amides is 1. The smallest absolute Gasteiger partial charge is 0.423 e. The Kier molecular flexibility index (Phi) is 12.5. The van der Waals surface area contributed by atoms with Gasteiger partial charge in [0.25, 0.3) is 0 Å². The van der Waals surface area contributed by atoms with Crippen molar-refractivity contribution in [2.75, 3.05) is 6.54 Å². The molecule has 2 rings (SSSR count). The minimum atomic E-state index is -1.96. The van der Waals surface area contributed by atoms with Crippen molar-refractivity contribution in [2.45, 2.75) is 82.2 Å². The molecule has 15 nitrogen and oxygen atoms in total. The van der Waals surface area contributed by atoms with E-state index in [2.05, 4.69) is 22.5 Å². The van der Waals surface area contributed by atoms with Gasteiger partial charge in [0.1, 0.15) is 36.4 Å². The molecule has 16 heteroatoms. The van der Waals surface area contributed by atoms with Crippen molar-refractivity contribution in [3.63, 3.8) is 0 Å². The van der Waals surface area contributed by atoms with E-state index in [1.54, 1.807) is 13.8 Å². The lowest BCUT2D eigenvalue weighted by molar-refractivity contribution is -0.145. The number of benzene rings is 1. The number of likely N-dealkylation sites (tertiary alicyclic amines) is 1. The molecule has 8 atom stereocenters. The molecule has 0 aromatic heterocycles. The lowest BCUT2D eigenvalue weighted by Gasteiger charge is -2.32. The molecule has 42 heavy (non-hydrogen) atoms. The Balaban J connectivity index is 2.23. The van der Waals surface area contributed by atoms with Crippen LogP contribution < -0.4 is 27.1 Å². The highest BCUT2D eigenvalue weighted by Gasteiger charge is 2.44. The van der Waals surface area contributed by atoms with Gasteiger partial charge in [-0.05, 0) is 31.3 Å². The predicted molar refractivity (Wildman–Crippen MR) is 150 cm³/mol. The van der Waals surface area contributed by atoms with Crippen molar-refractivity contribution >= 4 is 36.2 Å². The maximum Gasteiger partial charge on any atom is 0.488 e. The largest absolute Gasteiger partial charge is 0.488 e. The zero-order valence-corrected chi connectivity index (χ0v) is 23.7. The number of nitrogens with one attached hydrogen (secondary N) is 3. The summed E-state index contributed by atoms with van der Waals surface area (Å²) >= 11 is 0. The summed E-state index contributed by atoms with van der Waals surface area (Å²) < 4.78 is 0. The van der Waals surface area contributed by atoms with Crippen molar-refractivity contribution in [2.24, 2.45) is 5.73 Å². The Morgan fingerprint density at radius 1 is 1.07 bits per heavy atom. The molecule has 1 aromatic rings. The summed E-state index contributed by atoms with van der Waals surface area (Å²) in [5, 5.41) is 67.9. The molecule has 1 aromatic carbocycles. The molecule has 0 spiro atoms. The average Bonchev–Trinajstić information content (AvgIpc) is 3.33. The second kappa shape index (κ2) is 15.1. The van der Waals surface area contributed by atoms with Crippen molar-refractivity contribution in [1.82, 2.24) is 20.9 Å². The van der Waals surface area contributed by atoms with Crippen LogP contribution in [-0.4, -0.2) is 115 Å². The van der Waals surface area contributed by atoms with Gasteiger partial charge in [-0.3, -0.25) is 19.2 Å². The predicted octanol–water partition coefficient (Wildman–Crippen LogP) is -4.54. The number of carbonyl (C=O) groups is 4. The summed E-state index contributed by atoms with van der Waals surface area (Å²) in [6.07, 6.45) is -6.17. The fourth-order valence-corrected chi connectivity index (χ4v) is 4.60. The third kappa shape index (κ3) is 8.73. The van der Waals surface area contributed by atoms with Crippen LogP contribution in [0.3, 0.4) is 0 Å². The molecule has 1 heterocycles. The topological polar surface area (TPSA) is 255 Å². The molecule has 0 saturated carbocycles. The summed E-state index contributed by atoms with van der Waals surface area (Å²) in [5.41, 5.74) is 6.08. The van der Waals surface area contributed by atoms with E-state index in [0.717, 1.165) is 4.90 Å². The highest BCUT2D eigenvalue weighted by atomic mass is 16.4. The molecule has 232 valence electrons. The van der Waals surface area contributed by atoms with Crippen molar-refractivity contribution in [3.05, 3.63) is 42.1 Å². The van der Waals surface area contributed by atoms with Crippen LogP contribution in [0.15, 0.2) is 36.5 Å². The normalized spacial score (nSPS) is 20.8. The summed E-state index contributed by atoms with van der Waals surface area (Å²) in [6, 6.07) is -0.370. The SMILES string of the molecule is C=C(C)N[C@@H](CC)C(=O)N[C@H](C(=O)N1C[C@H](O)C[C@H]1C(=O)N[C@H](C(N)=O)[C@H](O)[C@@H](O)c1ccc(B(O)O)cc1)[C@@H](C)O. The zero-order valence-electron chi connectivity index (χ0n) is 23.7. The van der Waals surface area contributed by atoms with Crippen LogP contribution in [0.2, 0.25) is 0 Å². The molecule has 0 unspecified atom stereocenters. The van der Waals surface area contributed by atoms with E-state index in [-0.39, 0.29) is 24.0 Å². The van der Waals surface area contributed by atoms with Gasteiger partial charge in [-0.1, -0.05) is 37.8 Å². The number of carbonyl (C=O) groups excluding carboxylic acids is 4. The van der Waals surface area contributed by atoms with Crippen molar-refractivity contribution in [1.29, 1.82) is 0 Å². The van der Waals surface area contributed by atoms with Crippen LogP contribution in [0.1, 0.15) is 45.3 Å². The number of rotatable bonds is 14. The Morgan fingerprint density at radius 2 is 1.67 bits per heavy atom. The number of β-amino-alcohol motifs (C(OH)–C–C–N with tert-alkyl or cyclic N) is 1. The van der Waals surface area contributed by atoms with E-state index in [4.69, 9.17) is 5.73 Å². The Bertz CT molecular complexity index is 1130. The van der Waals surface area contributed by atoms with E-state index in [0.29, 0.717) is 12.1 Å². The van der Waals surface area contributed by atoms with E-state index in [9.17, 15) is 49.7 Å². The molecular formula is C26H40BN5O10. The number of aliphatic hydroxyl groups excluding tert-OH is 4. The van der Waals surface area contributed by atoms with E-state index >= 15 is 0 Å².